The zero-order valence-electron chi connectivity index (χ0n) is 14.2. The molecule has 3 atom stereocenters. The van der Waals surface area contributed by atoms with E-state index in [2.05, 4.69) is 11.9 Å². The molecule has 0 N–H and O–H groups in total. The van der Waals surface area contributed by atoms with E-state index in [1.165, 1.54) is 0 Å². The number of carbonyl (C=O) groups excluding carboxylic acids is 2. The zero-order valence-corrected chi connectivity index (χ0v) is 14.9. The standard InChI is InChI=1S/C21H20ClNO2/c1-2-12-3-4-13(16-7-8-18(22)23-11-16)10-17(12)19-20(24)14-5-6-15(9-14)21(19)25/h3-4,7-8,10-11,14-15,19H,2,5-6,9H2,1H3/t14-,15+,19?. The van der Waals surface area contributed by atoms with Crippen molar-refractivity contribution in [1.29, 1.82) is 0 Å². The fraction of sp³-hybridized carbons (Fsp3) is 0.381. The number of ketones is 2. The van der Waals surface area contributed by atoms with Gasteiger partial charge in [-0.3, -0.25) is 9.59 Å². The Bertz CT molecular complexity index is 821. The Balaban J connectivity index is 1.80. The van der Waals surface area contributed by atoms with Crippen LogP contribution in [0.1, 0.15) is 43.2 Å². The number of carbonyl (C=O) groups is 2. The fourth-order valence-corrected chi connectivity index (χ4v) is 4.44. The van der Waals surface area contributed by atoms with E-state index in [1.54, 1.807) is 12.3 Å². The van der Waals surface area contributed by atoms with Gasteiger partial charge in [-0.25, -0.2) is 4.98 Å². The highest BCUT2D eigenvalue weighted by atomic mass is 35.5. The summed E-state index contributed by atoms with van der Waals surface area (Å²) in [7, 11) is 0. The molecule has 3 nitrogen and oxygen atoms in total. The Morgan fingerprint density at radius 1 is 1.04 bits per heavy atom. The molecule has 2 aliphatic rings. The average molecular weight is 354 g/mol. The first-order valence-electron chi connectivity index (χ1n) is 8.90. The number of aryl methyl sites for hydroxylation is 1. The van der Waals surface area contributed by atoms with Crippen molar-refractivity contribution in [2.75, 3.05) is 0 Å². The molecule has 2 aromatic rings. The number of aromatic nitrogens is 1. The predicted molar refractivity (Wildman–Crippen MR) is 97.6 cm³/mol. The lowest BCUT2D eigenvalue weighted by Gasteiger charge is -2.27. The molecule has 0 radical (unpaired) electrons. The van der Waals surface area contributed by atoms with Crippen molar-refractivity contribution >= 4 is 23.2 Å². The van der Waals surface area contributed by atoms with Gasteiger partial charge in [0.15, 0.2) is 11.6 Å². The van der Waals surface area contributed by atoms with Gasteiger partial charge >= 0.3 is 0 Å². The molecule has 0 spiro atoms. The van der Waals surface area contributed by atoms with Crippen LogP contribution in [-0.4, -0.2) is 16.6 Å². The summed E-state index contributed by atoms with van der Waals surface area (Å²) in [4.78, 5) is 29.9. The van der Waals surface area contributed by atoms with Gasteiger partial charge in [-0.2, -0.15) is 0 Å². The number of fused-ring (bicyclic) bond motifs is 2. The minimum absolute atomic E-state index is 0.0678. The number of benzene rings is 1. The van der Waals surface area contributed by atoms with Crippen LogP contribution >= 0.6 is 11.6 Å². The third kappa shape index (κ3) is 2.81. The molecule has 0 aliphatic heterocycles. The van der Waals surface area contributed by atoms with Crippen molar-refractivity contribution in [3.05, 3.63) is 52.8 Å². The van der Waals surface area contributed by atoms with Gasteiger partial charge in [-0.05, 0) is 60.6 Å². The van der Waals surface area contributed by atoms with Gasteiger partial charge in [0.1, 0.15) is 11.1 Å². The summed E-state index contributed by atoms with van der Waals surface area (Å²) in [5.41, 5.74) is 3.88. The third-order valence-electron chi connectivity index (χ3n) is 5.70. The topological polar surface area (TPSA) is 47.0 Å². The molecule has 2 aliphatic carbocycles. The van der Waals surface area contributed by atoms with Crippen molar-refractivity contribution in [2.24, 2.45) is 11.8 Å². The van der Waals surface area contributed by atoms with E-state index in [1.807, 2.05) is 24.3 Å². The molecule has 0 amide bonds. The Hall–Kier alpha value is -2.00. The van der Waals surface area contributed by atoms with Gasteiger partial charge in [0.05, 0.1) is 0 Å². The van der Waals surface area contributed by atoms with E-state index in [0.717, 1.165) is 47.9 Å². The fourth-order valence-electron chi connectivity index (χ4n) is 4.33. The first-order valence-corrected chi connectivity index (χ1v) is 9.28. The number of rotatable bonds is 3. The summed E-state index contributed by atoms with van der Waals surface area (Å²) in [6.07, 6.45) is 5.03. The summed E-state index contributed by atoms with van der Waals surface area (Å²) in [5, 5.41) is 0.448. The normalized spacial score (nSPS) is 25.4. The highest BCUT2D eigenvalue weighted by molar-refractivity contribution is 6.29. The number of pyridine rings is 1. The summed E-state index contributed by atoms with van der Waals surface area (Å²) < 4.78 is 0. The predicted octanol–water partition coefficient (Wildman–Crippen LogP) is 4.62. The molecule has 25 heavy (non-hydrogen) atoms. The molecule has 2 fully saturated rings. The van der Waals surface area contributed by atoms with Crippen LogP contribution in [0.2, 0.25) is 5.15 Å². The highest BCUT2D eigenvalue weighted by Crippen LogP contribution is 2.45. The monoisotopic (exact) mass is 353 g/mol. The van der Waals surface area contributed by atoms with Crippen LogP contribution in [-0.2, 0) is 16.0 Å². The first-order chi connectivity index (χ1) is 12.1. The maximum absolute atomic E-state index is 12.9. The Morgan fingerprint density at radius 2 is 1.72 bits per heavy atom. The average Bonchev–Trinajstić information content (AvgIpc) is 3.08. The molecule has 1 aromatic heterocycles. The highest BCUT2D eigenvalue weighted by Gasteiger charge is 2.47. The molecule has 4 heteroatoms. The van der Waals surface area contributed by atoms with E-state index < -0.39 is 5.92 Å². The molecular formula is C21H20ClNO2. The van der Waals surface area contributed by atoms with Crippen molar-refractivity contribution < 1.29 is 9.59 Å². The zero-order chi connectivity index (χ0) is 17.6. The smallest absolute Gasteiger partial charge is 0.150 e. The number of halogens is 1. The maximum Gasteiger partial charge on any atom is 0.150 e. The molecule has 1 heterocycles. The lowest BCUT2D eigenvalue weighted by Crippen LogP contribution is -2.35. The van der Waals surface area contributed by atoms with Gasteiger partial charge < -0.3 is 0 Å². The number of hydrogen-bond donors (Lipinski definition) is 0. The van der Waals surface area contributed by atoms with E-state index in [9.17, 15) is 9.59 Å². The van der Waals surface area contributed by atoms with Gasteiger partial charge in [0.25, 0.3) is 0 Å². The van der Waals surface area contributed by atoms with E-state index in [4.69, 9.17) is 11.6 Å². The van der Waals surface area contributed by atoms with Crippen LogP contribution in [0.4, 0.5) is 0 Å². The van der Waals surface area contributed by atoms with Gasteiger partial charge in [0.2, 0.25) is 0 Å². The second kappa shape index (κ2) is 6.38. The van der Waals surface area contributed by atoms with Crippen molar-refractivity contribution in [3.8, 4) is 11.1 Å². The maximum atomic E-state index is 12.9. The number of hydrogen-bond acceptors (Lipinski definition) is 3. The SMILES string of the molecule is CCc1ccc(-c2ccc(Cl)nc2)cc1C1C(=O)[C@@H]2CC[C@@H](C2)C1=O. The summed E-state index contributed by atoms with van der Waals surface area (Å²) in [6, 6.07) is 9.74. The Morgan fingerprint density at radius 3 is 2.32 bits per heavy atom. The van der Waals surface area contributed by atoms with Crippen LogP contribution in [0.3, 0.4) is 0 Å². The van der Waals surface area contributed by atoms with Gasteiger partial charge in [0, 0.05) is 23.6 Å². The summed E-state index contributed by atoms with van der Waals surface area (Å²) in [5.74, 6) is -0.197. The molecule has 0 saturated heterocycles. The van der Waals surface area contributed by atoms with Crippen molar-refractivity contribution in [1.82, 2.24) is 4.98 Å². The molecule has 1 unspecified atom stereocenters. The number of Topliss-reactive ketones (excluding diaryl/α,β-unsaturated/α-hetero) is 2. The first kappa shape index (κ1) is 16.5. The van der Waals surface area contributed by atoms with Crippen LogP contribution in [0.5, 0.6) is 0 Å². The second-order valence-electron chi connectivity index (χ2n) is 7.08. The van der Waals surface area contributed by atoms with Crippen LogP contribution < -0.4 is 0 Å². The van der Waals surface area contributed by atoms with Crippen molar-refractivity contribution in [2.45, 2.75) is 38.5 Å². The third-order valence-corrected chi connectivity index (χ3v) is 5.93. The Kier molecular flexibility index (Phi) is 4.20. The number of nitrogens with zero attached hydrogens (tertiary/aromatic N) is 1. The van der Waals surface area contributed by atoms with Crippen LogP contribution in [0.25, 0.3) is 11.1 Å². The summed E-state index contributed by atoms with van der Waals surface area (Å²) >= 11 is 5.88. The van der Waals surface area contributed by atoms with Gasteiger partial charge in [-0.15, -0.1) is 0 Å². The van der Waals surface area contributed by atoms with Crippen molar-refractivity contribution in [3.63, 3.8) is 0 Å². The van der Waals surface area contributed by atoms with Crippen LogP contribution in [0, 0.1) is 11.8 Å². The second-order valence-corrected chi connectivity index (χ2v) is 7.47. The molecule has 2 saturated carbocycles. The van der Waals surface area contributed by atoms with E-state index in [-0.39, 0.29) is 23.4 Å². The minimum atomic E-state index is -0.582. The Labute approximate surface area is 152 Å². The molecule has 2 bridgehead atoms. The lowest BCUT2D eigenvalue weighted by atomic mass is 9.73. The van der Waals surface area contributed by atoms with E-state index >= 15 is 0 Å². The molecular weight excluding hydrogens is 334 g/mol. The quantitative estimate of drug-likeness (QED) is 0.597. The summed E-state index contributed by atoms with van der Waals surface area (Å²) in [6.45, 7) is 2.06. The molecule has 4 rings (SSSR count). The minimum Gasteiger partial charge on any atom is -0.298 e. The van der Waals surface area contributed by atoms with E-state index in [0.29, 0.717) is 5.15 Å². The molecule has 128 valence electrons. The molecule has 1 aromatic carbocycles. The largest absolute Gasteiger partial charge is 0.298 e. The van der Waals surface area contributed by atoms with Gasteiger partial charge in [-0.1, -0.05) is 30.7 Å². The van der Waals surface area contributed by atoms with Crippen LogP contribution in [0.15, 0.2) is 36.5 Å². The lowest BCUT2D eigenvalue weighted by molar-refractivity contribution is -0.135.